The van der Waals surface area contributed by atoms with E-state index in [1.807, 2.05) is 30.3 Å². The van der Waals surface area contributed by atoms with Gasteiger partial charge in [0, 0.05) is 6.54 Å². The van der Waals surface area contributed by atoms with E-state index in [0.29, 0.717) is 17.4 Å². The van der Waals surface area contributed by atoms with Crippen LogP contribution >= 0.6 is 12.2 Å². The maximum Gasteiger partial charge on any atom is 0.187 e. The molecular formula is C16H17N3O2S. The minimum Gasteiger partial charge on any atom is -0.504 e. The third-order valence-electron chi connectivity index (χ3n) is 2.88. The summed E-state index contributed by atoms with van der Waals surface area (Å²) in [6, 6.07) is 14.9. The lowest BCUT2D eigenvalue weighted by Gasteiger charge is -2.07. The molecule has 0 saturated carbocycles. The number of phenols is 1. The molecule has 0 amide bonds. The van der Waals surface area contributed by atoms with Gasteiger partial charge in [0.25, 0.3) is 0 Å². The zero-order chi connectivity index (χ0) is 15.8. The van der Waals surface area contributed by atoms with Gasteiger partial charge in [-0.15, -0.1) is 0 Å². The lowest BCUT2D eigenvalue weighted by molar-refractivity contribution is 0.373. The van der Waals surface area contributed by atoms with Gasteiger partial charge in [0.1, 0.15) is 0 Å². The maximum atomic E-state index is 9.51. The van der Waals surface area contributed by atoms with Gasteiger partial charge in [0.05, 0.1) is 13.3 Å². The van der Waals surface area contributed by atoms with Crippen molar-refractivity contribution in [1.82, 2.24) is 10.7 Å². The Morgan fingerprint density at radius 3 is 2.77 bits per heavy atom. The number of hydrazone groups is 1. The van der Waals surface area contributed by atoms with Gasteiger partial charge in [-0.25, -0.2) is 0 Å². The Labute approximate surface area is 134 Å². The molecule has 0 fully saturated rings. The first-order valence-corrected chi connectivity index (χ1v) is 7.07. The Morgan fingerprint density at radius 2 is 2.05 bits per heavy atom. The first-order valence-electron chi connectivity index (χ1n) is 6.67. The predicted molar refractivity (Wildman–Crippen MR) is 91.3 cm³/mol. The summed E-state index contributed by atoms with van der Waals surface area (Å²) in [6.45, 7) is 0.634. The van der Waals surface area contributed by atoms with Crippen LogP contribution in [0.15, 0.2) is 53.6 Å². The highest BCUT2D eigenvalue weighted by Crippen LogP contribution is 2.25. The van der Waals surface area contributed by atoms with Gasteiger partial charge < -0.3 is 15.2 Å². The lowest BCUT2D eigenvalue weighted by Crippen LogP contribution is -2.31. The molecule has 3 N–H and O–H groups in total. The van der Waals surface area contributed by atoms with Crippen molar-refractivity contribution in [2.75, 3.05) is 7.11 Å². The van der Waals surface area contributed by atoms with Crippen molar-refractivity contribution in [3.8, 4) is 11.5 Å². The largest absolute Gasteiger partial charge is 0.504 e. The van der Waals surface area contributed by atoms with Crippen LogP contribution in [0.2, 0.25) is 0 Å². The van der Waals surface area contributed by atoms with Crippen LogP contribution in [0.4, 0.5) is 0 Å². The standard InChI is InChI=1S/C16H17N3O2S/c1-21-15-9-13(7-8-14(15)20)11-18-19-16(22)17-10-12-5-3-2-4-6-12/h2-9,11,20H,10H2,1H3,(H2,17,19,22)/b18-11-. The zero-order valence-electron chi connectivity index (χ0n) is 12.1. The number of rotatable bonds is 5. The number of benzene rings is 2. The number of nitrogens with zero attached hydrogens (tertiary/aromatic N) is 1. The summed E-state index contributed by atoms with van der Waals surface area (Å²) in [5.41, 5.74) is 4.66. The molecule has 0 aromatic heterocycles. The highest BCUT2D eigenvalue weighted by atomic mass is 32.1. The van der Waals surface area contributed by atoms with Crippen LogP contribution in [-0.4, -0.2) is 23.5 Å². The fourth-order valence-electron chi connectivity index (χ4n) is 1.76. The minimum absolute atomic E-state index is 0.0904. The van der Waals surface area contributed by atoms with Crippen molar-refractivity contribution in [1.29, 1.82) is 0 Å². The normalized spacial score (nSPS) is 10.4. The summed E-state index contributed by atoms with van der Waals surface area (Å²) in [4.78, 5) is 0. The first-order chi connectivity index (χ1) is 10.7. The Bertz CT molecular complexity index is 660. The number of hydrogen-bond acceptors (Lipinski definition) is 4. The predicted octanol–water partition coefficient (Wildman–Crippen LogP) is 2.40. The average molecular weight is 315 g/mol. The molecule has 0 heterocycles. The van der Waals surface area contributed by atoms with Crippen LogP contribution in [-0.2, 0) is 6.54 Å². The second-order valence-electron chi connectivity index (χ2n) is 4.47. The molecule has 0 aliphatic carbocycles. The molecule has 114 valence electrons. The molecule has 2 aromatic carbocycles. The van der Waals surface area contributed by atoms with Crippen LogP contribution in [0.25, 0.3) is 0 Å². The SMILES string of the molecule is COc1cc(/C=N\NC(=S)NCc2ccccc2)ccc1O. The third-order valence-corrected chi connectivity index (χ3v) is 3.12. The molecular weight excluding hydrogens is 298 g/mol. The van der Waals surface area contributed by atoms with E-state index in [2.05, 4.69) is 15.8 Å². The molecule has 0 radical (unpaired) electrons. The Morgan fingerprint density at radius 1 is 1.27 bits per heavy atom. The number of hydrogen-bond donors (Lipinski definition) is 3. The number of nitrogens with one attached hydrogen (secondary N) is 2. The number of thiocarbonyl (C=S) groups is 1. The molecule has 0 bridgehead atoms. The summed E-state index contributed by atoms with van der Waals surface area (Å²) in [6.07, 6.45) is 1.60. The van der Waals surface area contributed by atoms with E-state index in [1.165, 1.54) is 7.11 Å². The Balaban J connectivity index is 1.83. The summed E-state index contributed by atoms with van der Waals surface area (Å²) in [5.74, 6) is 0.487. The monoisotopic (exact) mass is 315 g/mol. The van der Waals surface area contributed by atoms with Crippen molar-refractivity contribution >= 4 is 23.5 Å². The van der Waals surface area contributed by atoms with Crippen LogP contribution in [0.3, 0.4) is 0 Å². The fraction of sp³-hybridized carbons (Fsp3) is 0.125. The van der Waals surface area contributed by atoms with Crippen molar-refractivity contribution in [2.24, 2.45) is 5.10 Å². The molecule has 0 saturated heterocycles. The molecule has 5 nitrogen and oxygen atoms in total. The van der Waals surface area contributed by atoms with Gasteiger partial charge in [-0.2, -0.15) is 5.10 Å². The molecule has 0 spiro atoms. The number of phenolic OH excluding ortho intramolecular Hbond substituents is 1. The van der Waals surface area contributed by atoms with Crippen molar-refractivity contribution in [2.45, 2.75) is 6.54 Å². The highest BCUT2D eigenvalue weighted by molar-refractivity contribution is 7.80. The van der Waals surface area contributed by atoms with E-state index < -0.39 is 0 Å². The second-order valence-corrected chi connectivity index (χ2v) is 4.88. The lowest BCUT2D eigenvalue weighted by atomic mass is 10.2. The van der Waals surface area contributed by atoms with Gasteiger partial charge in [-0.3, -0.25) is 5.43 Å². The zero-order valence-corrected chi connectivity index (χ0v) is 12.9. The average Bonchev–Trinajstić information content (AvgIpc) is 2.55. The molecule has 22 heavy (non-hydrogen) atoms. The molecule has 0 atom stereocenters. The molecule has 2 rings (SSSR count). The number of aromatic hydroxyl groups is 1. The molecule has 0 aliphatic rings. The maximum absolute atomic E-state index is 9.51. The van der Waals surface area contributed by atoms with Crippen molar-refractivity contribution in [3.05, 3.63) is 59.7 Å². The van der Waals surface area contributed by atoms with Gasteiger partial charge in [0.2, 0.25) is 0 Å². The second kappa shape index (κ2) is 7.99. The molecule has 6 heteroatoms. The van der Waals surface area contributed by atoms with Gasteiger partial charge in [-0.1, -0.05) is 30.3 Å². The summed E-state index contributed by atoms with van der Waals surface area (Å²) < 4.78 is 5.03. The summed E-state index contributed by atoms with van der Waals surface area (Å²) in [5, 5.41) is 17.0. The smallest absolute Gasteiger partial charge is 0.187 e. The van der Waals surface area contributed by atoms with Crippen LogP contribution in [0.5, 0.6) is 11.5 Å². The fourth-order valence-corrected chi connectivity index (χ4v) is 1.88. The van der Waals surface area contributed by atoms with E-state index in [9.17, 15) is 5.11 Å². The van der Waals surface area contributed by atoms with Gasteiger partial charge in [-0.05, 0) is 41.5 Å². The Hall–Kier alpha value is -2.60. The number of ether oxygens (including phenoxy) is 1. The van der Waals surface area contributed by atoms with Crippen LogP contribution < -0.4 is 15.5 Å². The van der Waals surface area contributed by atoms with Gasteiger partial charge in [0.15, 0.2) is 16.6 Å². The molecule has 2 aromatic rings. The summed E-state index contributed by atoms with van der Waals surface area (Å²) in [7, 11) is 1.50. The van der Waals surface area contributed by atoms with Gasteiger partial charge >= 0.3 is 0 Å². The first kappa shape index (κ1) is 15.8. The quantitative estimate of drug-likeness (QED) is 0.449. The molecule has 0 unspecified atom stereocenters. The van der Waals surface area contributed by atoms with Crippen LogP contribution in [0, 0.1) is 0 Å². The van der Waals surface area contributed by atoms with Crippen LogP contribution in [0.1, 0.15) is 11.1 Å². The topological polar surface area (TPSA) is 65.9 Å². The van der Waals surface area contributed by atoms with E-state index in [1.54, 1.807) is 24.4 Å². The van der Waals surface area contributed by atoms with Crippen molar-refractivity contribution in [3.63, 3.8) is 0 Å². The van der Waals surface area contributed by atoms with Crippen molar-refractivity contribution < 1.29 is 9.84 Å². The Kier molecular flexibility index (Phi) is 5.73. The minimum atomic E-state index is 0.0904. The van der Waals surface area contributed by atoms with E-state index >= 15 is 0 Å². The highest BCUT2D eigenvalue weighted by Gasteiger charge is 2.00. The molecule has 0 aliphatic heterocycles. The van der Waals surface area contributed by atoms with E-state index in [0.717, 1.165) is 11.1 Å². The van der Waals surface area contributed by atoms with E-state index in [-0.39, 0.29) is 5.75 Å². The summed E-state index contributed by atoms with van der Waals surface area (Å²) >= 11 is 5.14. The van der Waals surface area contributed by atoms with E-state index in [4.69, 9.17) is 17.0 Å². The number of methoxy groups -OCH3 is 1. The third kappa shape index (κ3) is 4.75.